The van der Waals surface area contributed by atoms with Crippen molar-refractivity contribution in [2.75, 3.05) is 0 Å². The molecule has 0 unspecified atom stereocenters. The van der Waals surface area contributed by atoms with E-state index in [4.69, 9.17) is 0 Å². The Hall–Kier alpha value is -1.28. The summed E-state index contributed by atoms with van der Waals surface area (Å²) in [5.74, 6) is -4.78. The zero-order valence-electron chi connectivity index (χ0n) is 9.76. The maximum atomic E-state index is 12.5. The predicted octanol–water partition coefficient (Wildman–Crippen LogP) is 3.24. The Morgan fingerprint density at radius 2 is 1.44 bits per heavy atom. The third kappa shape index (κ3) is 2.94. The van der Waals surface area contributed by atoms with E-state index < -0.39 is 29.6 Å². The fraction of sp³-hybridized carbons (Fsp3) is 0.778. The Labute approximate surface area is 98.8 Å². The van der Waals surface area contributed by atoms with E-state index in [0.717, 1.165) is 10.9 Å². The van der Waals surface area contributed by atoms with Gasteiger partial charge in [0.25, 0.3) is 0 Å². The van der Waals surface area contributed by atoms with Crippen LogP contribution in [0.3, 0.4) is 0 Å². The monoisotopic (exact) mass is 275 g/mol. The lowest BCUT2D eigenvalue weighted by atomic mass is 10.0. The van der Waals surface area contributed by atoms with Gasteiger partial charge in [0.15, 0.2) is 5.82 Å². The van der Waals surface area contributed by atoms with Crippen molar-refractivity contribution < 1.29 is 26.3 Å². The van der Waals surface area contributed by atoms with Crippen molar-refractivity contribution in [1.29, 1.82) is 0 Å². The SMILES string of the molecule is CC(C)(C)n1cnnc1C(C(F)(F)F)C(F)(F)F. The molecule has 0 saturated carbocycles. The second-order valence-electron chi connectivity index (χ2n) is 4.75. The number of aromatic nitrogens is 3. The quantitative estimate of drug-likeness (QED) is 0.737. The van der Waals surface area contributed by atoms with Crippen LogP contribution >= 0.6 is 0 Å². The molecule has 0 atom stereocenters. The topological polar surface area (TPSA) is 30.7 Å². The van der Waals surface area contributed by atoms with Crippen LogP contribution < -0.4 is 0 Å². The highest BCUT2D eigenvalue weighted by atomic mass is 19.4. The molecule has 1 heterocycles. The molecule has 0 fully saturated rings. The summed E-state index contributed by atoms with van der Waals surface area (Å²) < 4.78 is 76.1. The molecule has 1 aromatic heterocycles. The maximum absolute atomic E-state index is 12.5. The Morgan fingerprint density at radius 1 is 1.00 bits per heavy atom. The molecule has 3 nitrogen and oxygen atoms in total. The predicted molar refractivity (Wildman–Crippen MR) is 49.9 cm³/mol. The lowest BCUT2D eigenvalue weighted by Gasteiger charge is -2.28. The Morgan fingerprint density at radius 3 is 1.78 bits per heavy atom. The van der Waals surface area contributed by atoms with Gasteiger partial charge in [-0.05, 0) is 20.8 Å². The molecule has 0 spiro atoms. The zero-order valence-corrected chi connectivity index (χ0v) is 9.76. The molecule has 9 heteroatoms. The van der Waals surface area contributed by atoms with Crippen molar-refractivity contribution >= 4 is 0 Å². The van der Waals surface area contributed by atoms with Crippen molar-refractivity contribution in [2.24, 2.45) is 0 Å². The van der Waals surface area contributed by atoms with Gasteiger partial charge in [-0.1, -0.05) is 0 Å². The standard InChI is InChI=1S/C9H11F6N3/c1-7(2,3)18-4-16-17-6(18)5(8(10,11)12)9(13,14)15/h4-5H,1-3H3. The first-order valence-corrected chi connectivity index (χ1v) is 4.89. The van der Waals surface area contributed by atoms with Gasteiger partial charge in [-0.2, -0.15) is 26.3 Å². The average Bonchev–Trinajstić information content (AvgIpc) is 2.44. The lowest BCUT2D eigenvalue weighted by molar-refractivity contribution is -0.256. The fourth-order valence-corrected chi connectivity index (χ4v) is 1.44. The van der Waals surface area contributed by atoms with Gasteiger partial charge in [0.1, 0.15) is 6.33 Å². The fourth-order valence-electron chi connectivity index (χ4n) is 1.44. The normalized spacial score (nSPS) is 14.3. The van der Waals surface area contributed by atoms with Crippen molar-refractivity contribution in [3.63, 3.8) is 0 Å². The molecule has 0 aliphatic heterocycles. The minimum Gasteiger partial charge on any atom is -0.311 e. The number of halogens is 6. The molecule has 0 bridgehead atoms. The largest absolute Gasteiger partial charge is 0.407 e. The molecule has 1 aromatic rings. The van der Waals surface area contributed by atoms with E-state index in [2.05, 4.69) is 10.2 Å². The van der Waals surface area contributed by atoms with Gasteiger partial charge >= 0.3 is 12.4 Å². The van der Waals surface area contributed by atoms with Crippen LogP contribution in [-0.2, 0) is 5.54 Å². The Balaban J connectivity index is 3.38. The molecule has 104 valence electrons. The summed E-state index contributed by atoms with van der Waals surface area (Å²) in [6, 6.07) is 0. The highest BCUT2D eigenvalue weighted by Crippen LogP contribution is 2.46. The molecule has 0 aliphatic carbocycles. The molecule has 0 aliphatic rings. The Kier molecular flexibility index (Phi) is 3.39. The second kappa shape index (κ2) is 4.13. The van der Waals surface area contributed by atoms with Crippen molar-refractivity contribution in [2.45, 2.75) is 44.6 Å². The second-order valence-corrected chi connectivity index (χ2v) is 4.75. The highest BCUT2D eigenvalue weighted by molar-refractivity contribution is 5.06. The number of hydrogen-bond donors (Lipinski definition) is 0. The number of rotatable bonds is 1. The third-order valence-electron chi connectivity index (χ3n) is 2.21. The van der Waals surface area contributed by atoms with Crippen molar-refractivity contribution in [3.05, 3.63) is 12.2 Å². The van der Waals surface area contributed by atoms with Crippen LogP contribution in [0, 0.1) is 0 Å². The summed E-state index contributed by atoms with van der Waals surface area (Å²) in [5, 5.41) is 6.14. The molecule has 0 radical (unpaired) electrons. The van der Waals surface area contributed by atoms with Crippen LogP contribution in [0.5, 0.6) is 0 Å². The average molecular weight is 275 g/mol. The van der Waals surface area contributed by atoms with Gasteiger partial charge in [-0.25, -0.2) is 0 Å². The molecule has 0 aromatic carbocycles. The smallest absolute Gasteiger partial charge is 0.311 e. The third-order valence-corrected chi connectivity index (χ3v) is 2.21. The first-order chi connectivity index (χ1) is 7.85. The molecule has 0 amide bonds. The minimum absolute atomic E-state index is 0.776. The van der Waals surface area contributed by atoms with E-state index in [-0.39, 0.29) is 0 Å². The summed E-state index contributed by atoms with van der Waals surface area (Å²) in [6.07, 6.45) is -10.1. The van der Waals surface area contributed by atoms with Gasteiger partial charge in [0.2, 0.25) is 5.92 Å². The molecule has 18 heavy (non-hydrogen) atoms. The van der Waals surface area contributed by atoms with Crippen LogP contribution in [0.1, 0.15) is 32.5 Å². The molecular formula is C9H11F6N3. The van der Waals surface area contributed by atoms with E-state index in [1.54, 1.807) is 0 Å². The first-order valence-electron chi connectivity index (χ1n) is 4.89. The maximum Gasteiger partial charge on any atom is 0.407 e. The molecule has 0 N–H and O–H groups in total. The van der Waals surface area contributed by atoms with E-state index in [0.29, 0.717) is 0 Å². The van der Waals surface area contributed by atoms with E-state index in [9.17, 15) is 26.3 Å². The van der Waals surface area contributed by atoms with Crippen LogP contribution in [-0.4, -0.2) is 27.1 Å². The van der Waals surface area contributed by atoms with Gasteiger partial charge in [0, 0.05) is 5.54 Å². The van der Waals surface area contributed by atoms with Crippen LogP contribution in [0.4, 0.5) is 26.3 Å². The summed E-state index contributed by atoms with van der Waals surface area (Å²) in [6.45, 7) is 4.39. The summed E-state index contributed by atoms with van der Waals surface area (Å²) in [4.78, 5) is 0. The highest BCUT2D eigenvalue weighted by Gasteiger charge is 2.60. The van der Waals surface area contributed by atoms with Crippen LogP contribution in [0.2, 0.25) is 0 Å². The molecule has 1 rings (SSSR count). The lowest BCUT2D eigenvalue weighted by Crippen LogP contribution is -2.38. The van der Waals surface area contributed by atoms with Crippen LogP contribution in [0.25, 0.3) is 0 Å². The van der Waals surface area contributed by atoms with E-state index in [1.807, 2.05) is 0 Å². The summed E-state index contributed by atoms with van der Waals surface area (Å²) >= 11 is 0. The van der Waals surface area contributed by atoms with Gasteiger partial charge in [-0.15, -0.1) is 10.2 Å². The van der Waals surface area contributed by atoms with Crippen molar-refractivity contribution in [3.8, 4) is 0 Å². The minimum atomic E-state index is -5.46. The molecule has 0 saturated heterocycles. The number of alkyl halides is 6. The first kappa shape index (κ1) is 14.8. The number of nitrogens with zero attached hydrogens (tertiary/aromatic N) is 3. The van der Waals surface area contributed by atoms with Gasteiger partial charge in [-0.3, -0.25) is 0 Å². The van der Waals surface area contributed by atoms with Gasteiger partial charge in [0.05, 0.1) is 0 Å². The molecular weight excluding hydrogens is 264 g/mol. The van der Waals surface area contributed by atoms with Gasteiger partial charge < -0.3 is 4.57 Å². The zero-order chi connectivity index (χ0) is 14.4. The summed E-state index contributed by atoms with van der Waals surface area (Å²) in [5.41, 5.74) is -0.979. The van der Waals surface area contributed by atoms with E-state index >= 15 is 0 Å². The van der Waals surface area contributed by atoms with Crippen molar-refractivity contribution in [1.82, 2.24) is 14.8 Å². The summed E-state index contributed by atoms with van der Waals surface area (Å²) in [7, 11) is 0. The Bertz CT molecular complexity index is 397. The van der Waals surface area contributed by atoms with E-state index in [1.165, 1.54) is 20.8 Å². The van der Waals surface area contributed by atoms with Crippen LogP contribution in [0.15, 0.2) is 6.33 Å². The number of hydrogen-bond acceptors (Lipinski definition) is 2.